The Hall–Kier alpha value is 1.39. The summed E-state index contributed by atoms with van der Waals surface area (Å²) in [6.07, 6.45) is 2.86. The molecule has 0 rings (SSSR count). The average Bonchev–Trinajstić information content (AvgIpc) is 1.61. The van der Waals surface area contributed by atoms with Crippen LogP contribution in [0.5, 0.6) is 0 Å². The van der Waals surface area contributed by atoms with Crippen LogP contribution in [0.3, 0.4) is 0 Å². The fourth-order valence-corrected chi connectivity index (χ4v) is 1.94. The fourth-order valence-electron chi connectivity index (χ4n) is 0.289. The van der Waals surface area contributed by atoms with Crippen LogP contribution in [0, 0.1) is 0 Å². The molecule has 0 fully saturated rings. The summed E-state index contributed by atoms with van der Waals surface area (Å²) in [7, 11) is 0. The van der Waals surface area contributed by atoms with Crippen LogP contribution in [-0.4, -0.2) is 32.6 Å². The molecule has 2 heteroatoms. The molecule has 0 N–H and O–H groups in total. The van der Waals surface area contributed by atoms with E-state index in [0.29, 0.717) is 18.3 Å². The molecule has 0 saturated heterocycles. The molecule has 0 heterocycles. The van der Waals surface area contributed by atoms with Crippen molar-refractivity contribution in [3.8, 4) is 0 Å². The van der Waals surface area contributed by atoms with Gasteiger partial charge in [-0.25, -0.2) is 0 Å². The summed E-state index contributed by atoms with van der Waals surface area (Å²) in [6, 6.07) is 0. The third-order valence-electron chi connectivity index (χ3n) is 0.702. The molecule has 0 nitrogen and oxygen atoms in total. The molecule has 32 valence electrons. The Morgan fingerprint density at radius 2 is 2.33 bits per heavy atom. The maximum atomic E-state index is 2.36. The van der Waals surface area contributed by atoms with Crippen LogP contribution in [0.15, 0.2) is 0 Å². The van der Waals surface area contributed by atoms with Crippen LogP contribution < -0.4 is 0 Å². The molecule has 0 aromatic rings. The van der Waals surface area contributed by atoms with E-state index in [1.54, 1.807) is 4.47 Å². The number of rotatable bonds is 3. The van der Waals surface area contributed by atoms with E-state index in [0.717, 1.165) is 0 Å². The molecule has 0 atom stereocenters. The van der Waals surface area contributed by atoms with Gasteiger partial charge in [-0.05, 0) is 0 Å². The van der Waals surface area contributed by atoms with Crippen molar-refractivity contribution in [2.24, 2.45) is 0 Å². The molecule has 0 amide bonds. The summed E-state index contributed by atoms with van der Waals surface area (Å²) < 4.78 is 1.54. The summed E-state index contributed by atoms with van der Waals surface area (Å²) in [4.78, 5) is 0. The molecule has 0 aromatic carbocycles. The molecule has 0 radical (unpaired) electrons. The Labute approximate surface area is 56.6 Å². The van der Waals surface area contributed by atoms with Gasteiger partial charge in [0.2, 0.25) is 0 Å². The summed E-state index contributed by atoms with van der Waals surface area (Å²) in [5.74, 6) is 0. The van der Waals surface area contributed by atoms with Crippen molar-refractivity contribution in [3.05, 3.63) is 0 Å². The molecule has 0 bridgehead atoms. The van der Waals surface area contributed by atoms with Gasteiger partial charge in [-0.1, -0.05) is 0 Å². The van der Waals surface area contributed by atoms with Crippen molar-refractivity contribution in [1.82, 2.24) is 0 Å². The topological polar surface area (TPSA) is 0 Å². The molecular weight excluding hydrogens is 183 g/mol. The van der Waals surface area contributed by atoms with Gasteiger partial charge in [0, 0.05) is 0 Å². The second kappa shape index (κ2) is 6.39. The number of hydrogen-bond acceptors (Lipinski definition) is 0. The van der Waals surface area contributed by atoms with Crippen LogP contribution in [0.4, 0.5) is 0 Å². The third kappa shape index (κ3) is 5.39. The monoisotopic (exact) mass is 194 g/mol. The standard InChI is InChI=1S/C4H10Te.Li/c1-2-3-4-5;/h5H,2-4H2,1H3;/q;+1/p-1. The van der Waals surface area contributed by atoms with Crippen LogP contribution >= 0.6 is 0 Å². The van der Waals surface area contributed by atoms with Gasteiger partial charge in [0.05, 0.1) is 0 Å². The molecule has 6 heavy (non-hydrogen) atoms. The minimum absolute atomic E-state index is 0.464. The first-order valence-electron chi connectivity index (χ1n) is 2.40. The maximum absolute atomic E-state index is 2.36. The molecule has 0 aliphatic rings. The predicted octanol–water partition coefficient (Wildman–Crippen LogP) is 0.992. The van der Waals surface area contributed by atoms with Gasteiger partial charge in [-0.3, -0.25) is 0 Å². The normalized spacial score (nSPS) is 9.17. The van der Waals surface area contributed by atoms with Gasteiger partial charge in [0.1, 0.15) is 0 Å². The van der Waals surface area contributed by atoms with Crippen molar-refractivity contribution >= 4 is 32.6 Å². The first-order valence-corrected chi connectivity index (χ1v) is 6.38. The Kier molecular flexibility index (Phi) is 7.86. The van der Waals surface area contributed by atoms with E-state index >= 15 is 0 Å². The van der Waals surface area contributed by atoms with E-state index < -0.39 is 0 Å². The molecule has 0 saturated carbocycles. The summed E-state index contributed by atoms with van der Waals surface area (Å²) in [6.45, 7) is 2.25. The zero-order valence-electron chi connectivity index (χ0n) is 4.53. The first kappa shape index (κ1) is 7.39. The first-order chi connectivity index (χ1) is 2.91. The average molecular weight is 192 g/mol. The van der Waals surface area contributed by atoms with Crippen LogP contribution in [-0.2, 0) is 0 Å². The van der Waals surface area contributed by atoms with Crippen molar-refractivity contribution in [3.63, 3.8) is 0 Å². The van der Waals surface area contributed by atoms with E-state index in [1.807, 2.05) is 0 Å². The zero-order chi connectivity index (χ0) is 4.83. The second-order valence-electron chi connectivity index (χ2n) is 1.35. The SMILES string of the molecule is [Li][Te]CCCC. The molecular formula is C4H9LiTe. The van der Waals surface area contributed by atoms with Crippen molar-refractivity contribution in [2.75, 3.05) is 0 Å². The van der Waals surface area contributed by atoms with E-state index in [4.69, 9.17) is 0 Å². The van der Waals surface area contributed by atoms with E-state index in [-0.39, 0.29) is 0 Å². The van der Waals surface area contributed by atoms with E-state index in [1.165, 1.54) is 12.8 Å². The quantitative estimate of drug-likeness (QED) is 0.461. The van der Waals surface area contributed by atoms with Gasteiger partial charge in [0.25, 0.3) is 0 Å². The predicted molar refractivity (Wildman–Crippen MR) is 31.2 cm³/mol. The van der Waals surface area contributed by atoms with Gasteiger partial charge < -0.3 is 0 Å². The summed E-state index contributed by atoms with van der Waals surface area (Å²) in [5.41, 5.74) is 0. The van der Waals surface area contributed by atoms with Gasteiger partial charge in [0.15, 0.2) is 0 Å². The minimum atomic E-state index is 0.464. The Balaban J connectivity index is 2.34. The van der Waals surface area contributed by atoms with E-state index in [2.05, 4.69) is 21.3 Å². The fraction of sp³-hybridized carbons (Fsp3) is 1.00. The molecule has 0 aliphatic carbocycles. The second-order valence-corrected chi connectivity index (χ2v) is 4.16. The third-order valence-corrected chi connectivity index (χ3v) is 2.69. The summed E-state index contributed by atoms with van der Waals surface area (Å²) >= 11 is 2.83. The van der Waals surface area contributed by atoms with Gasteiger partial charge >= 0.3 is 56.8 Å². The van der Waals surface area contributed by atoms with Crippen LogP contribution in [0.25, 0.3) is 0 Å². The molecule has 0 spiro atoms. The van der Waals surface area contributed by atoms with E-state index in [9.17, 15) is 0 Å². The van der Waals surface area contributed by atoms with Crippen molar-refractivity contribution < 1.29 is 0 Å². The van der Waals surface area contributed by atoms with Crippen molar-refractivity contribution in [1.29, 1.82) is 0 Å². The summed E-state index contributed by atoms with van der Waals surface area (Å²) in [5, 5.41) is 0. The number of unbranched alkanes of at least 4 members (excludes halogenated alkanes) is 1. The Morgan fingerprint density at radius 1 is 1.67 bits per heavy atom. The molecule has 0 aromatic heterocycles. The van der Waals surface area contributed by atoms with Crippen molar-refractivity contribution in [2.45, 2.75) is 24.2 Å². The van der Waals surface area contributed by atoms with Crippen LogP contribution in [0.2, 0.25) is 4.47 Å². The molecule has 0 unspecified atom stereocenters. The Morgan fingerprint density at radius 3 is 2.50 bits per heavy atom. The Bertz CT molecular complexity index is 19.5. The molecule has 0 aliphatic heterocycles. The van der Waals surface area contributed by atoms with Gasteiger partial charge in [-0.15, -0.1) is 0 Å². The van der Waals surface area contributed by atoms with Crippen LogP contribution in [0.1, 0.15) is 19.8 Å². The zero-order valence-corrected chi connectivity index (χ0v) is 6.86. The number of hydrogen-bond donors (Lipinski definition) is 0. The van der Waals surface area contributed by atoms with Gasteiger partial charge in [-0.2, -0.15) is 0 Å².